The Morgan fingerprint density at radius 3 is 3.17 bits per heavy atom. The Morgan fingerprint density at radius 2 is 2.33 bits per heavy atom. The summed E-state index contributed by atoms with van der Waals surface area (Å²) in [6, 6.07) is 1.31. The highest BCUT2D eigenvalue weighted by molar-refractivity contribution is 5.37. The van der Waals surface area contributed by atoms with E-state index in [1.807, 2.05) is 0 Å². The lowest BCUT2D eigenvalue weighted by molar-refractivity contribution is -0.130. The fourth-order valence-electron chi connectivity index (χ4n) is 2.53. The van der Waals surface area contributed by atoms with Crippen LogP contribution in [0.3, 0.4) is 0 Å². The lowest BCUT2D eigenvalue weighted by Crippen LogP contribution is -2.34. The third kappa shape index (κ3) is 1.33. The van der Waals surface area contributed by atoms with Crippen LogP contribution in [0.5, 0.6) is 0 Å². The van der Waals surface area contributed by atoms with Crippen LogP contribution in [0.4, 0.5) is 0 Å². The zero-order valence-electron chi connectivity index (χ0n) is 7.24. The molecule has 0 aromatic rings. The van der Waals surface area contributed by atoms with Gasteiger partial charge in [-0.05, 0) is 32.2 Å². The smallest absolute Gasteiger partial charge is 0.293 e. The first-order chi connectivity index (χ1) is 5.92. The molecule has 2 aliphatic heterocycles. The maximum Gasteiger partial charge on any atom is 0.293 e. The molecule has 3 heteroatoms. The third-order valence-corrected chi connectivity index (χ3v) is 3.08. The molecule has 3 nitrogen and oxygen atoms in total. The molecular formula is C9H15NO2. The van der Waals surface area contributed by atoms with Gasteiger partial charge in [-0.1, -0.05) is 0 Å². The maximum atomic E-state index is 10.0. The van der Waals surface area contributed by atoms with E-state index in [0.29, 0.717) is 19.1 Å². The van der Waals surface area contributed by atoms with Gasteiger partial charge in [0.2, 0.25) is 0 Å². The fraction of sp³-hybridized carbons (Fsp3) is 0.889. The summed E-state index contributed by atoms with van der Waals surface area (Å²) >= 11 is 0. The number of nitrogens with zero attached hydrogens (tertiary/aromatic N) is 1. The van der Waals surface area contributed by atoms with Crippen molar-refractivity contribution in [1.82, 2.24) is 4.90 Å². The molecule has 2 atom stereocenters. The van der Waals surface area contributed by atoms with E-state index in [-0.39, 0.29) is 0 Å². The average molecular weight is 169 g/mol. The van der Waals surface area contributed by atoms with Gasteiger partial charge < -0.3 is 4.74 Å². The van der Waals surface area contributed by atoms with Crippen molar-refractivity contribution in [2.24, 2.45) is 0 Å². The van der Waals surface area contributed by atoms with Crippen molar-refractivity contribution >= 4 is 6.47 Å². The molecule has 0 bridgehead atoms. The fourth-order valence-corrected chi connectivity index (χ4v) is 2.53. The Hall–Kier alpha value is -0.570. The maximum absolute atomic E-state index is 10.0. The quantitative estimate of drug-likeness (QED) is 0.585. The minimum atomic E-state index is 0.516. The van der Waals surface area contributed by atoms with Crippen molar-refractivity contribution in [3.05, 3.63) is 0 Å². The molecule has 0 N–H and O–H groups in total. The third-order valence-electron chi connectivity index (χ3n) is 3.08. The molecular weight excluding hydrogens is 154 g/mol. The SMILES string of the molecule is O=COC[C@H]1CCC2CCCN21. The predicted molar refractivity (Wildman–Crippen MR) is 44.8 cm³/mol. The van der Waals surface area contributed by atoms with E-state index < -0.39 is 0 Å². The Kier molecular flexibility index (Phi) is 2.30. The molecule has 0 aromatic heterocycles. The zero-order chi connectivity index (χ0) is 8.39. The molecule has 2 saturated heterocycles. The van der Waals surface area contributed by atoms with Crippen LogP contribution in [0.25, 0.3) is 0 Å². The summed E-state index contributed by atoms with van der Waals surface area (Å²) in [4.78, 5) is 12.5. The number of hydrogen-bond acceptors (Lipinski definition) is 3. The first-order valence-corrected chi connectivity index (χ1v) is 4.73. The van der Waals surface area contributed by atoms with Crippen LogP contribution in [0.1, 0.15) is 25.7 Å². The molecule has 2 rings (SSSR count). The van der Waals surface area contributed by atoms with Crippen LogP contribution in [0.2, 0.25) is 0 Å². The van der Waals surface area contributed by atoms with E-state index in [4.69, 9.17) is 4.74 Å². The number of fused-ring (bicyclic) bond motifs is 1. The van der Waals surface area contributed by atoms with Crippen molar-refractivity contribution in [1.29, 1.82) is 0 Å². The second kappa shape index (κ2) is 3.44. The minimum Gasteiger partial charge on any atom is -0.466 e. The van der Waals surface area contributed by atoms with Crippen LogP contribution < -0.4 is 0 Å². The number of carbonyl (C=O) groups excluding carboxylic acids is 1. The standard InChI is InChI=1S/C9H15NO2/c11-7-12-6-9-4-3-8-2-1-5-10(8)9/h7-9H,1-6H2/t8?,9-/m1/s1. The molecule has 0 spiro atoms. The number of ether oxygens (including phenoxy) is 1. The molecule has 2 fully saturated rings. The van der Waals surface area contributed by atoms with Crippen LogP contribution in [-0.2, 0) is 9.53 Å². The van der Waals surface area contributed by atoms with Crippen molar-refractivity contribution in [3.8, 4) is 0 Å². The number of carbonyl (C=O) groups is 1. The van der Waals surface area contributed by atoms with Gasteiger partial charge in [0.15, 0.2) is 0 Å². The number of rotatable bonds is 3. The van der Waals surface area contributed by atoms with Gasteiger partial charge in [0, 0.05) is 12.1 Å². The van der Waals surface area contributed by atoms with Crippen molar-refractivity contribution < 1.29 is 9.53 Å². The van der Waals surface area contributed by atoms with E-state index in [1.54, 1.807) is 0 Å². The molecule has 1 unspecified atom stereocenters. The normalized spacial score (nSPS) is 35.0. The minimum absolute atomic E-state index is 0.516. The summed E-state index contributed by atoms with van der Waals surface area (Å²) in [7, 11) is 0. The Morgan fingerprint density at radius 1 is 1.42 bits per heavy atom. The van der Waals surface area contributed by atoms with Gasteiger partial charge in [0.1, 0.15) is 6.61 Å². The van der Waals surface area contributed by atoms with Gasteiger partial charge in [0.05, 0.1) is 0 Å². The van der Waals surface area contributed by atoms with E-state index in [2.05, 4.69) is 4.90 Å². The number of hydrogen-bond donors (Lipinski definition) is 0. The highest BCUT2D eigenvalue weighted by Crippen LogP contribution is 2.32. The predicted octanol–water partition coefficient (Wildman–Crippen LogP) is 0.786. The Labute approximate surface area is 72.7 Å². The Balaban J connectivity index is 1.86. The lowest BCUT2D eigenvalue weighted by atomic mass is 10.1. The molecule has 0 amide bonds. The first kappa shape index (κ1) is 8.05. The summed E-state index contributed by atoms with van der Waals surface area (Å²) in [6.45, 7) is 2.36. The van der Waals surface area contributed by atoms with Gasteiger partial charge in [-0.2, -0.15) is 0 Å². The molecule has 2 aliphatic rings. The van der Waals surface area contributed by atoms with Crippen LogP contribution >= 0.6 is 0 Å². The van der Waals surface area contributed by atoms with Gasteiger partial charge in [0.25, 0.3) is 6.47 Å². The Bertz CT molecular complexity index is 172. The largest absolute Gasteiger partial charge is 0.466 e. The topological polar surface area (TPSA) is 29.5 Å². The van der Waals surface area contributed by atoms with Crippen LogP contribution in [0.15, 0.2) is 0 Å². The van der Waals surface area contributed by atoms with E-state index in [0.717, 1.165) is 6.04 Å². The summed E-state index contributed by atoms with van der Waals surface area (Å²) in [6.07, 6.45) is 5.17. The van der Waals surface area contributed by atoms with Gasteiger partial charge >= 0.3 is 0 Å². The van der Waals surface area contributed by atoms with Crippen LogP contribution in [-0.4, -0.2) is 36.6 Å². The summed E-state index contributed by atoms with van der Waals surface area (Å²) < 4.78 is 4.80. The van der Waals surface area contributed by atoms with E-state index in [9.17, 15) is 4.79 Å². The average Bonchev–Trinajstić information content (AvgIpc) is 2.62. The van der Waals surface area contributed by atoms with E-state index >= 15 is 0 Å². The second-order valence-electron chi connectivity index (χ2n) is 3.69. The molecule has 0 aliphatic carbocycles. The molecule has 68 valence electrons. The van der Waals surface area contributed by atoms with Crippen molar-refractivity contribution in [2.75, 3.05) is 13.2 Å². The van der Waals surface area contributed by atoms with Gasteiger partial charge in [-0.15, -0.1) is 0 Å². The second-order valence-corrected chi connectivity index (χ2v) is 3.69. The summed E-state index contributed by atoms with van der Waals surface area (Å²) in [5.41, 5.74) is 0. The van der Waals surface area contributed by atoms with Crippen LogP contribution in [0, 0.1) is 0 Å². The monoisotopic (exact) mass is 169 g/mol. The van der Waals surface area contributed by atoms with Gasteiger partial charge in [-0.3, -0.25) is 9.69 Å². The van der Waals surface area contributed by atoms with Crippen molar-refractivity contribution in [2.45, 2.75) is 37.8 Å². The van der Waals surface area contributed by atoms with Crippen molar-refractivity contribution in [3.63, 3.8) is 0 Å². The molecule has 2 heterocycles. The molecule has 0 aromatic carbocycles. The highest BCUT2D eigenvalue weighted by atomic mass is 16.5. The summed E-state index contributed by atoms with van der Waals surface area (Å²) in [5, 5.41) is 0. The summed E-state index contributed by atoms with van der Waals surface area (Å²) in [5.74, 6) is 0. The first-order valence-electron chi connectivity index (χ1n) is 4.73. The van der Waals surface area contributed by atoms with Gasteiger partial charge in [-0.25, -0.2) is 0 Å². The van der Waals surface area contributed by atoms with E-state index in [1.165, 1.54) is 32.2 Å². The lowest BCUT2D eigenvalue weighted by Gasteiger charge is -2.22. The molecule has 0 saturated carbocycles. The zero-order valence-corrected chi connectivity index (χ0v) is 7.24. The highest BCUT2D eigenvalue weighted by Gasteiger charge is 2.36. The molecule has 0 radical (unpaired) electrons. The molecule has 12 heavy (non-hydrogen) atoms.